The number of anilines is 3. The Morgan fingerprint density at radius 3 is 1.94 bits per heavy atom. The van der Waals surface area contributed by atoms with Gasteiger partial charge in [0.1, 0.15) is 24.1 Å². The molecule has 354 valence electrons. The number of imidazole rings is 1. The largest absolute Gasteiger partial charge is 0.453 e. The summed E-state index contributed by atoms with van der Waals surface area (Å²) in [6.07, 6.45) is 3.65. The molecule has 1 aromatic heterocycles. The average Bonchev–Trinajstić information content (AvgIpc) is 4.17. The van der Waals surface area contributed by atoms with Crippen molar-refractivity contribution in [1.82, 2.24) is 30.4 Å². The first-order valence-electron chi connectivity index (χ1n) is 23.6. The molecule has 66 heavy (non-hydrogen) atoms. The van der Waals surface area contributed by atoms with Crippen LogP contribution in [0.4, 0.5) is 26.7 Å². The van der Waals surface area contributed by atoms with E-state index in [0.717, 1.165) is 83.6 Å². The fraction of sp³-hybridized carbons (Fsp3) is 0.540. The summed E-state index contributed by atoms with van der Waals surface area (Å²) in [5, 5.41) is 23.1. The molecule has 3 fully saturated rings. The lowest BCUT2D eigenvalue weighted by molar-refractivity contribution is -0.136. The van der Waals surface area contributed by atoms with E-state index in [-0.39, 0.29) is 66.0 Å². The van der Waals surface area contributed by atoms with E-state index in [1.54, 1.807) is 0 Å². The Labute approximate surface area is 387 Å². The van der Waals surface area contributed by atoms with Crippen LogP contribution in [-0.2, 0) is 24.5 Å². The molecule has 0 saturated carbocycles. The number of nitrogens with zero attached hydrogens (tertiary/aromatic N) is 4. The minimum atomic E-state index is -0.715. The van der Waals surface area contributed by atoms with E-state index in [1.807, 2.05) is 51.3 Å². The predicted octanol–water partition coefficient (Wildman–Crippen LogP) is 7.49. The molecular weight excluding hydrogens is 839 g/mol. The van der Waals surface area contributed by atoms with Crippen LogP contribution in [0.15, 0.2) is 60.7 Å². The summed E-state index contributed by atoms with van der Waals surface area (Å²) < 4.78 is 9.67. The van der Waals surface area contributed by atoms with Crippen LogP contribution in [0.3, 0.4) is 0 Å². The van der Waals surface area contributed by atoms with Crippen molar-refractivity contribution in [3.63, 3.8) is 0 Å². The van der Waals surface area contributed by atoms with Crippen molar-refractivity contribution < 1.29 is 33.8 Å². The number of benzene rings is 3. The van der Waals surface area contributed by atoms with E-state index in [9.17, 15) is 24.3 Å². The minimum Gasteiger partial charge on any atom is -0.453 e. The van der Waals surface area contributed by atoms with Crippen molar-refractivity contribution in [2.24, 2.45) is 11.8 Å². The zero-order chi connectivity index (χ0) is 47.0. The van der Waals surface area contributed by atoms with Gasteiger partial charge in [-0.1, -0.05) is 65.8 Å². The van der Waals surface area contributed by atoms with Crippen molar-refractivity contribution in [3.05, 3.63) is 83.2 Å². The van der Waals surface area contributed by atoms with Gasteiger partial charge in [0.15, 0.2) is 0 Å². The van der Waals surface area contributed by atoms with Crippen LogP contribution >= 0.6 is 0 Å². The Morgan fingerprint density at radius 1 is 0.742 bits per heavy atom. The van der Waals surface area contributed by atoms with Crippen molar-refractivity contribution in [1.29, 1.82) is 0 Å². The molecule has 4 aliphatic heterocycles. The molecule has 8 rings (SSSR count). The summed E-state index contributed by atoms with van der Waals surface area (Å²) in [4.78, 5) is 67.0. The highest BCUT2D eigenvalue weighted by Gasteiger charge is 2.43. The topological polar surface area (TPSA) is 193 Å². The van der Waals surface area contributed by atoms with Gasteiger partial charge in [-0.05, 0) is 103 Å². The van der Waals surface area contributed by atoms with Gasteiger partial charge in [-0.3, -0.25) is 9.59 Å². The number of H-pyrrole nitrogens is 1. The number of amides is 4. The molecule has 3 saturated heterocycles. The molecule has 5 heterocycles. The lowest BCUT2D eigenvalue weighted by Gasteiger charge is -2.34. The number of alkyl carbamates (subject to hydrolysis) is 2. The Balaban J connectivity index is 1.06. The zero-order valence-corrected chi connectivity index (χ0v) is 39.5. The Kier molecular flexibility index (Phi) is 13.4. The molecule has 4 amide bonds. The highest BCUT2D eigenvalue weighted by molar-refractivity contribution is 5.88. The summed E-state index contributed by atoms with van der Waals surface area (Å²) in [6.45, 7) is 13.0. The molecule has 1 unspecified atom stereocenters. The van der Waals surface area contributed by atoms with Gasteiger partial charge in [0.25, 0.3) is 0 Å². The molecule has 3 aromatic carbocycles. The number of fused-ring (bicyclic) bond motifs is 2. The first-order chi connectivity index (χ1) is 31.6. The number of hydrogen-bond donors (Lipinski definition) is 6. The van der Waals surface area contributed by atoms with E-state index < -0.39 is 24.3 Å². The highest BCUT2D eigenvalue weighted by Crippen LogP contribution is 2.49. The van der Waals surface area contributed by atoms with Crippen LogP contribution in [0.25, 0.3) is 11.0 Å². The Morgan fingerprint density at radius 2 is 1.32 bits per heavy atom. The van der Waals surface area contributed by atoms with Crippen LogP contribution in [0.5, 0.6) is 0 Å². The fourth-order valence-corrected chi connectivity index (χ4v) is 10.5. The first kappa shape index (κ1) is 46.5. The first-order valence-corrected chi connectivity index (χ1v) is 23.6. The number of carbonyl (C=O) groups is 4. The van der Waals surface area contributed by atoms with E-state index in [2.05, 4.69) is 91.8 Å². The monoisotopic (exact) mass is 906 g/mol. The second kappa shape index (κ2) is 19.1. The van der Waals surface area contributed by atoms with Gasteiger partial charge in [0.2, 0.25) is 11.8 Å². The third kappa shape index (κ3) is 9.08. The number of hydrogen-bond acceptors (Lipinski definition) is 11. The number of carbonyl (C=O) groups excluding carboxylic acids is 4. The van der Waals surface area contributed by atoms with Crippen molar-refractivity contribution in [3.8, 4) is 0 Å². The molecule has 4 aromatic rings. The summed E-state index contributed by atoms with van der Waals surface area (Å²) in [5.74, 6) is 0.239. The van der Waals surface area contributed by atoms with Crippen molar-refractivity contribution in [2.45, 2.75) is 128 Å². The van der Waals surface area contributed by atoms with E-state index >= 15 is 0 Å². The molecular formula is C50H67N9O7. The number of rotatable bonds is 13. The number of methoxy groups -OCH3 is 2. The maximum atomic E-state index is 13.9. The summed E-state index contributed by atoms with van der Waals surface area (Å²) in [5.41, 5.74) is 7.77. The number of aliphatic hydroxyl groups excluding tert-OH is 1. The lowest BCUT2D eigenvalue weighted by atomic mass is 9.85. The normalized spacial score (nSPS) is 22.6. The number of likely N-dealkylation sites (tertiary alicyclic amines) is 2. The standard InChI is InChI=1S/C50H67N9O7/c1-28(2)42(55-48(63)65-7)46(61)57-23-9-11-40(57)44-51-34-19-13-30(25-36(34)53-44)38-21-22-39(59(38)33-17-15-32(16-18-33)50(5,6)27-60)31-14-20-35-37(26-31)54-45(52-35)41-12-10-24-58(41)47(62)43(29(3)4)56-49(64)66-8/h13-20,25-26,28-29,38-44,51,53,60H,9-12,21-24,27H2,1-8H3,(H,52,54)(H,55,63)(H,56,64)/t38-,39-,40+,41+,42+,43+,44?/m1/s1. The lowest BCUT2D eigenvalue weighted by Crippen LogP contribution is -2.56. The van der Waals surface area contributed by atoms with Crippen LogP contribution < -0.4 is 26.2 Å². The number of nitrogens with one attached hydrogen (secondary N) is 5. The van der Waals surface area contributed by atoms with Gasteiger partial charge in [-0.15, -0.1) is 0 Å². The average molecular weight is 906 g/mol. The summed E-state index contributed by atoms with van der Waals surface area (Å²) in [7, 11) is 2.60. The molecule has 16 nitrogen and oxygen atoms in total. The molecule has 0 radical (unpaired) electrons. The highest BCUT2D eigenvalue weighted by atomic mass is 16.5. The molecule has 0 spiro atoms. The van der Waals surface area contributed by atoms with Gasteiger partial charge < -0.3 is 55.5 Å². The van der Waals surface area contributed by atoms with E-state index in [0.29, 0.717) is 13.1 Å². The number of aromatic nitrogens is 2. The number of aromatic amines is 1. The molecule has 7 atom stereocenters. The van der Waals surface area contributed by atoms with Crippen molar-refractivity contribution >= 4 is 52.1 Å². The van der Waals surface area contributed by atoms with Gasteiger partial charge in [-0.2, -0.15) is 0 Å². The molecule has 16 heteroatoms. The second-order valence-electron chi connectivity index (χ2n) is 19.7. The maximum absolute atomic E-state index is 13.9. The smallest absolute Gasteiger partial charge is 0.407 e. The molecule has 0 aliphatic carbocycles. The summed E-state index contributed by atoms with van der Waals surface area (Å²) >= 11 is 0. The molecule has 4 aliphatic rings. The Bertz CT molecular complexity index is 2420. The quantitative estimate of drug-likeness (QED) is 0.0779. The summed E-state index contributed by atoms with van der Waals surface area (Å²) in [6, 6.07) is 19.9. The van der Waals surface area contributed by atoms with Gasteiger partial charge in [0.05, 0.1) is 67.4 Å². The molecule has 0 bridgehead atoms. The minimum absolute atomic E-state index is 0.0289. The SMILES string of the molecule is COC(=O)N[C@H](C(=O)N1CCC[C@H]1c1nc2ccc([C@H]3CC[C@H](c4ccc5c(c4)NC([C@@H]4CCCN4C(=O)[C@@H](NC(=O)OC)C(C)C)N5)N3c3ccc(C(C)(C)CO)cc3)cc2[nH]1)C(C)C. The van der Waals surface area contributed by atoms with E-state index in [4.69, 9.17) is 14.5 Å². The zero-order valence-electron chi connectivity index (χ0n) is 39.5. The van der Waals surface area contributed by atoms with Crippen LogP contribution in [0.2, 0.25) is 0 Å². The van der Waals surface area contributed by atoms with Crippen LogP contribution in [-0.4, -0.2) is 107 Å². The maximum Gasteiger partial charge on any atom is 0.407 e. The van der Waals surface area contributed by atoms with Gasteiger partial charge in [-0.25, -0.2) is 14.6 Å². The number of ether oxygens (including phenoxy) is 2. The third-order valence-electron chi connectivity index (χ3n) is 14.3. The molecule has 6 N–H and O–H groups in total. The third-order valence-corrected chi connectivity index (χ3v) is 14.3. The van der Waals surface area contributed by atoms with Crippen LogP contribution in [0.1, 0.15) is 121 Å². The Hall–Kier alpha value is -6.03. The predicted molar refractivity (Wildman–Crippen MR) is 254 cm³/mol. The number of aliphatic hydroxyl groups is 1. The second-order valence-corrected chi connectivity index (χ2v) is 19.7. The van der Waals surface area contributed by atoms with E-state index in [1.165, 1.54) is 19.8 Å². The van der Waals surface area contributed by atoms with Gasteiger partial charge >= 0.3 is 12.2 Å². The van der Waals surface area contributed by atoms with Crippen LogP contribution in [0, 0.1) is 11.8 Å². The van der Waals surface area contributed by atoms with Crippen molar-refractivity contribution in [2.75, 3.05) is 49.4 Å². The van der Waals surface area contributed by atoms with Gasteiger partial charge in [0, 0.05) is 24.2 Å². The fourth-order valence-electron chi connectivity index (χ4n) is 10.5.